The Morgan fingerprint density at radius 3 is 2.31 bits per heavy atom. The lowest BCUT2D eigenvalue weighted by molar-refractivity contribution is 0.371. The van der Waals surface area contributed by atoms with Gasteiger partial charge in [-0.2, -0.15) is 9.40 Å². The van der Waals surface area contributed by atoms with Gasteiger partial charge in [-0.3, -0.25) is 4.68 Å². The quantitative estimate of drug-likeness (QED) is 0.641. The Morgan fingerprint density at radius 2 is 1.66 bits per heavy atom. The van der Waals surface area contributed by atoms with Gasteiger partial charge in [0.05, 0.1) is 11.4 Å². The summed E-state index contributed by atoms with van der Waals surface area (Å²) in [5.41, 5.74) is 4.66. The average molecular weight is 410 g/mol. The van der Waals surface area contributed by atoms with E-state index < -0.39 is 10.0 Å². The molecule has 4 rings (SSSR count). The van der Waals surface area contributed by atoms with Gasteiger partial charge in [0.1, 0.15) is 4.90 Å². The Bertz CT molecular complexity index is 1130. The molecular formula is C23H27N3O2S. The Morgan fingerprint density at radius 1 is 1.00 bits per heavy atom. The molecule has 0 N–H and O–H groups in total. The van der Waals surface area contributed by atoms with Crippen molar-refractivity contribution in [1.82, 2.24) is 14.1 Å². The number of nitrogens with zero attached hydrogens (tertiary/aromatic N) is 3. The maximum Gasteiger partial charge on any atom is 0.247 e. The van der Waals surface area contributed by atoms with Gasteiger partial charge >= 0.3 is 0 Å². The smallest absolute Gasteiger partial charge is 0.247 e. The number of aromatic nitrogens is 2. The first-order valence-electron chi connectivity index (χ1n) is 9.99. The van der Waals surface area contributed by atoms with Crippen molar-refractivity contribution in [2.75, 3.05) is 6.54 Å². The molecule has 0 saturated heterocycles. The summed E-state index contributed by atoms with van der Waals surface area (Å²) in [7, 11) is -3.67. The highest BCUT2D eigenvalue weighted by molar-refractivity contribution is 7.89. The van der Waals surface area contributed by atoms with Crippen LogP contribution >= 0.6 is 0 Å². The molecule has 1 aliphatic rings. The van der Waals surface area contributed by atoms with E-state index in [0.717, 1.165) is 11.1 Å². The van der Waals surface area contributed by atoms with E-state index in [4.69, 9.17) is 0 Å². The van der Waals surface area contributed by atoms with Crippen LogP contribution in [-0.4, -0.2) is 29.0 Å². The van der Waals surface area contributed by atoms with Gasteiger partial charge in [-0.25, -0.2) is 8.42 Å². The molecule has 152 valence electrons. The summed E-state index contributed by atoms with van der Waals surface area (Å²) in [6.07, 6.45) is 0. The molecule has 0 saturated carbocycles. The van der Waals surface area contributed by atoms with Crippen molar-refractivity contribution in [3.8, 4) is 0 Å². The Hall–Kier alpha value is -2.44. The SMILES string of the molecule is Cc1nn(C(C)C)c(C)c1S(=O)(=O)N1Cc2ccccc2C(c2ccccc2)C1. The standard InChI is InChI=1S/C23H27N3O2S/c1-16(2)26-18(4)23(17(3)24-26)29(27,28)25-14-20-12-8-9-13-21(20)22(15-25)19-10-6-5-7-11-19/h5-13,16,22H,14-15H2,1-4H3. The van der Waals surface area contributed by atoms with Crippen molar-refractivity contribution in [2.24, 2.45) is 0 Å². The molecule has 3 aromatic rings. The Balaban J connectivity index is 1.80. The zero-order chi connectivity index (χ0) is 20.8. The lowest BCUT2D eigenvalue weighted by Crippen LogP contribution is -2.39. The van der Waals surface area contributed by atoms with Crippen LogP contribution < -0.4 is 0 Å². The van der Waals surface area contributed by atoms with E-state index >= 15 is 0 Å². The lowest BCUT2D eigenvalue weighted by Gasteiger charge is -2.34. The number of rotatable bonds is 4. The molecule has 0 spiro atoms. The first-order chi connectivity index (χ1) is 13.8. The van der Waals surface area contributed by atoms with Crippen LogP contribution in [0.3, 0.4) is 0 Å². The molecule has 0 radical (unpaired) electrons. The number of hydrogen-bond acceptors (Lipinski definition) is 3. The Kier molecular flexibility index (Phi) is 5.09. The highest BCUT2D eigenvalue weighted by Crippen LogP contribution is 2.37. The predicted octanol–water partition coefficient (Wildman–Crippen LogP) is 4.42. The third-order valence-corrected chi connectivity index (χ3v) is 7.78. The van der Waals surface area contributed by atoms with Crippen LogP contribution in [0.1, 0.15) is 53.9 Å². The van der Waals surface area contributed by atoms with E-state index in [0.29, 0.717) is 29.4 Å². The third kappa shape index (κ3) is 3.40. The molecule has 0 aliphatic carbocycles. The lowest BCUT2D eigenvalue weighted by atomic mass is 9.86. The molecule has 2 heterocycles. The monoisotopic (exact) mass is 409 g/mol. The van der Waals surface area contributed by atoms with Crippen LogP contribution in [0.15, 0.2) is 59.5 Å². The van der Waals surface area contributed by atoms with Crippen LogP contribution in [0, 0.1) is 13.8 Å². The van der Waals surface area contributed by atoms with E-state index in [1.165, 1.54) is 5.56 Å². The van der Waals surface area contributed by atoms with Crippen LogP contribution in [0.25, 0.3) is 0 Å². The predicted molar refractivity (Wildman–Crippen MR) is 114 cm³/mol. The van der Waals surface area contributed by atoms with Crippen molar-refractivity contribution in [2.45, 2.75) is 51.1 Å². The summed E-state index contributed by atoms with van der Waals surface area (Å²) in [5.74, 6) is 0.0108. The first-order valence-corrected chi connectivity index (χ1v) is 11.4. The average Bonchev–Trinajstić information content (AvgIpc) is 3.02. The van der Waals surface area contributed by atoms with Gasteiger partial charge in [-0.1, -0.05) is 54.6 Å². The largest absolute Gasteiger partial charge is 0.266 e. The van der Waals surface area contributed by atoms with Gasteiger partial charge in [0.15, 0.2) is 0 Å². The van der Waals surface area contributed by atoms with Crippen molar-refractivity contribution in [3.05, 3.63) is 82.7 Å². The second-order valence-electron chi connectivity index (χ2n) is 8.00. The summed E-state index contributed by atoms with van der Waals surface area (Å²) in [6.45, 7) is 8.46. The Labute approximate surface area is 173 Å². The second-order valence-corrected chi connectivity index (χ2v) is 9.87. The highest BCUT2D eigenvalue weighted by atomic mass is 32.2. The fourth-order valence-electron chi connectivity index (χ4n) is 4.38. The van der Waals surface area contributed by atoms with E-state index in [1.807, 2.05) is 57.2 Å². The molecule has 0 amide bonds. The van der Waals surface area contributed by atoms with Gasteiger partial charge in [0, 0.05) is 25.0 Å². The summed E-state index contributed by atoms with van der Waals surface area (Å²) in [5, 5.41) is 4.50. The molecule has 1 aromatic heterocycles. The zero-order valence-corrected chi connectivity index (χ0v) is 18.1. The van der Waals surface area contributed by atoms with E-state index in [2.05, 4.69) is 23.3 Å². The number of benzene rings is 2. The van der Waals surface area contributed by atoms with Gasteiger partial charge < -0.3 is 0 Å². The minimum absolute atomic E-state index is 0.0108. The summed E-state index contributed by atoms with van der Waals surface area (Å²) < 4.78 is 30.9. The van der Waals surface area contributed by atoms with Crippen molar-refractivity contribution >= 4 is 10.0 Å². The first kappa shape index (κ1) is 19.9. The van der Waals surface area contributed by atoms with Gasteiger partial charge in [-0.05, 0) is 44.4 Å². The fourth-order valence-corrected chi connectivity index (χ4v) is 6.17. The minimum atomic E-state index is -3.67. The summed E-state index contributed by atoms with van der Waals surface area (Å²) in [4.78, 5) is 0.345. The van der Waals surface area contributed by atoms with Gasteiger partial charge in [0.25, 0.3) is 0 Å². The molecule has 1 aliphatic heterocycles. The van der Waals surface area contributed by atoms with E-state index in [1.54, 1.807) is 15.9 Å². The molecule has 1 atom stereocenters. The number of hydrogen-bond donors (Lipinski definition) is 0. The molecule has 1 unspecified atom stereocenters. The van der Waals surface area contributed by atoms with Crippen LogP contribution in [-0.2, 0) is 16.6 Å². The van der Waals surface area contributed by atoms with Gasteiger partial charge in [0.2, 0.25) is 10.0 Å². The molecular weight excluding hydrogens is 382 g/mol. The molecule has 29 heavy (non-hydrogen) atoms. The van der Waals surface area contributed by atoms with Crippen molar-refractivity contribution in [1.29, 1.82) is 0 Å². The van der Waals surface area contributed by atoms with Crippen LogP contribution in [0.2, 0.25) is 0 Å². The minimum Gasteiger partial charge on any atom is -0.266 e. The number of fused-ring (bicyclic) bond motifs is 1. The maximum atomic E-state index is 13.7. The van der Waals surface area contributed by atoms with E-state index in [9.17, 15) is 8.42 Å². The number of aryl methyl sites for hydroxylation is 1. The molecule has 0 bridgehead atoms. The highest BCUT2D eigenvalue weighted by Gasteiger charge is 2.37. The van der Waals surface area contributed by atoms with Crippen LogP contribution in [0.5, 0.6) is 0 Å². The summed E-state index contributed by atoms with van der Waals surface area (Å²) in [6, 6.07) is 18.4. The molecule has 2 aromatic carbocycles. The fraction of sp³-hybridized carbons (Fsp3) is 0.348. The van der Waals surface area contributed by atoms with Crippen molar-refractivity contribution < 1.29 is 8.42 Å². The van der Waals surface area contributed by atoms with Gasteiger partial charge in [-0.15, -0.1) is 0 Å². The normalized spacial score (nSPS) is 17.5. The summed E-state index contributed by atoms with van der Waals surface area (Å²) >= 11 is 0. The number of sulfonamides is 1. The molecule has 6 heteroatoms. The second kappa shape index (κ2) is 7.43. The maximum absolute atomic E-state index is 13.7. The third-order valence-electron chi connectivity index (χ3n) is 5.71. The topological polar surface area (TPSA) is 55.2 Å². The van der Waals surface area contributed by atoms with E-state index in [-0.39, 0.29) is 12.0 Å². The molecule has 5 nitrogen and oxygen atoms in total. The van der Waals surface area contributed by atoms with Crippen molar-refractivity contribution in [3.63, 3.8) is 0 Å². The zero-order valence-electron chi connectivity index (χ0n) is 17.3. The van der Waals surface area contributed by atoms with Crippen LogP contribution in [0.4, 0.5) is 0 Å². The molecule has 0 fully saturated rings.